The standard InChI is InChI=1S/C4H6INO2S/c1-2-9(7,8)4(5)3-6/h4H,2H2,1H3. The number of rotatable bonds is 2. The van der Waals surface area contributed by atoms with Gasteiger partial charge in [0.15, 0.2) is 13.1 Å². The van der Waals surface area contributed by atoms with Crippen molar-refractivity contribution in [3.63, 3.8) is 0 Å². The van der Waals surface area contributed by atoms with E-state index in [4.69, 9.17) is 5.26 Å². The molecule has 1 unspecified atom stereocenters. The van der Waals surface area contributed by atoms with Gasteiger partial charge in [-0.2, -0.15) is 5.26 Å². The molecule has 0 fully saturated rings. The Labute approximate surface area is 68.1 Å². The first-order chi connectivity index (χ1) is 4.04. The van der Waals surface area contributed by atoms with E-state index in [0.717, 1.165) is 0 Å². The quantitative estimate of drug-likeness (QED) is 0.542. The molecular formula is C4H6INO2S. The number of sulfone groups is 1. The summed E-state index contributed by atoms with van der Waals surface area (Å²) in [6.07, 6.45) is 0. The van der Waals surface area contributed by atoms with Crippen LogP contribution < -0.4 is 0 Å². The van der Waals surface area contributed by atoms with Crippen LogP contribution in [-0.4, -0.2) is 17.4 Å². The fraction of sp³-hybridized carbons (Fsp3) is 0.750. The fourth-order valence-electron chi connectivity index (χ4n) is 0.227. The van der Waals surface area contributed by atoms with Crippen LogP contribution in [-0.2, 0) is 9.84 Å². The van der Waals surface area contributed by atoms with Gasteiger partial charge in [0.05, 0.1) is 6.07 Å². The predicted octanol–water partition coefficient (Wildman–Crippen LogP) is 0.706. The van der Waals surface area contributed by atoms with Crippen molar-refractivity contribution < 1.29 is 8.42 Å². The SMILES string of the molecule is CCS(=O)(=O)C(I)C#N. The summed E-state index contributed by atoms with van der Waals surface area (Å²) in [5.74, 6) is 0.0359. The predicted molar refractivity (Wildman–Crippen MR) is 42.9 cm³/mol. The van der Waals surface area contributed by atoms with E-state index >= 15 is 0 Å². The second kappa shape index (κ2) is 3.37. The summed E-state index contributed by atoms with van der Waals surface area (Å²) in [5.41, 5.74) is 0. The first-order valence-corrected chi connectivity index (χ1v) is 5.26. The highest BCUT2D eigenvalue weighted by molar-refractivity contribution is 14.1. The minimum absolute atomic E-state index is 0.0359. The normalized spacial score (nSPS) is 14.3. The Hall–Kier alpha value is 0.170. The van der Waals surface area contributed by atoms with Crippen LogP contribution in [0.1, 0.15) is 6.92 Å². The van der Waals surface area contributed by atoms with Crippen LogP contribution in [0.3, 0.4) is 0 Å². The van der Waals surface area contributed by atoms with E-state index in [1.807, 2.05) is 0 Å². The van der Waals surface area contributed by atoms with E-state index in [0.29, 0.717) is 0 Å². The second-order valence-electron chi connectivity index (χ2n) is 1.40. The van der Waals surface area contributed by atoms with E-state index in [2.05, 4.69) is 0 Å². The summed E-state index contributed by atoms with van der Waals surface area (Å²) in [5, 5.41) is 8.16. The largest absolute Gasteiger partial charge is 0.227 e. The van der Waals surface area contributed by atoms with Crippen molar-refractivity contribution in [2.24, 2.45) is 0 Å². The summed E-state index contributed by atoms with van der Waals surface area (Å²) in [6.45, 7) is 1.53. The zero-order valence-corrected chi connectivity index (χ0v) is 7.81. The molecule has 0 spiro atoms. The molecule has 0 aromatic carbocycles. The Morgan fingerprint density at radius 2 is 2.22 bits per heavy atom. The van der Waals surface area contributed by atoms with Gasteiger partial charge in [-0.05, 0) is 22.6 Å². The Balaban J connectivity index is 4.41. The molecule has 0 saturated heterocycles. The Kier molecular flexibility index (Phi) is 3.43. The summed E-state index contributed by atoms with van der Waals surface area (Å²) in [6, 6.07) is 1.65. The van der Waals surface area contributed by atoms with Crippen LogP contribution >= 0.6 is 22.6 Å². The maximum atomic E-state index is 10.7. The molecule has 0 bridgehead atoms. The maximum absolute atomic E-state index is 10.7. The zero-order valence-electron chi connectivity index (χ0n) is 4.83. The Bertz CT molecular complexity index is 215. The maximum Gasteiger partial charge on any atom is 0.198 e. The molecule has 0 aromatic rings. The zero-order chi connectivity index (χ0) is 7.49. The summed E-state index contributed by atoms with van der Waals surface area (Å²) < 4.78 is 20.5. The summed E-state index contributed by atoms with van der Waals surface area (Å²) >= 11 is 1.60. The molecule has 0 aliphatic rings. The van der Waals surface area contributed by atoms with E-state index in [1.54, 1.807) is 28.7 Å². The molecule has 0 N–H and O–H groups in total. The topological polar surface area (TPSA) is 57.9 Å². The lowest BCUT2D eigenvalue weighted by Crippen LogP contribution is -2.14. The van der Waals surface area contributed by atoms with Gasteiger partial charge in [0, 0.05) is 5.75 Å². The highest BCUT2D eigenvalue weighted by atomic mass is 127. The van der Waals surface area contributed by atoms with Crippen LogP contribution in [0.4, 0.5) is 0 Å². The molecule has 0 amide bonds. The molecule has 0 heterocycles. The number of alkyl halides is 1. The van der Waals surface area contributed by atoms with Crippen molar-refractivity contribution in [3.05, 3.63) is 0 Å². The molecule has 0 radical (unpaired) electrons. The first-order valence-electron chi connectivity index (χ1n) is 2.30. The number of nitriles is 1. The molecule has 1 atom stereocenters. The van der Waals surface area contributed by atoms with Gasteiger partial charge in [0.25, 0.3) is 0 Å². The lowest BCUT2D eigenvalue weighted by molar-refractivity contribution is 0.599. The summed E-state index contributed by atoms with van der Waals surface area (Å²) in [7, 11) is -3.12. The average molecular weight is 259 g/mol. The Morgan fingerprint density at radius 1 is 1.78 bits per heavy atom. The van der Waals surface area contributed by atoms with Crippen LogP contribution in [0.25, 0.3) is 0 Å². The van der Waals surface area contributed by atoms with E-state index in [9.17, 15) is 8.42 Å². The van der Waals surface area contributed by atoms with Crippen LogP contribution in [0.2, 0.25) is 0 Å². The highest BCUT2D eigenvalue weighted by Crippen LogP contribution is 2.08. The van der Waals surface area contributed by atoms with Crippen LogP contribution in [0.5, 0.6) is 0 Å². The van der Waals surface area contributed by atoms with Gasteiger partial charge in [0.2, 0.25) is 0 Å². The minimum atomic E-state index is -3.12. The van der Waals surface area contributed by atoms with Crippen molar-refractivity contribution in [3.8, 4) is 6.07 Å². The van der Waals surface area contributed by atoms with E-state index in [-0.39, 0.29) is 5.75 Å². The molecule has 52 valence electrons. The molecule has 0 rings (SSSR count). The second-order valence-corrected chi connectivity index (χ2v) is 5.86. The highest BCUT2D eigenvalue weighted by Gasteiger charge is 2.18. The molecule has 0 aliphatic heterocycles. The van der Waals surface area contributed by atoms with Crippen molar-refractivity contribution in [1.82, 2.24) is 0 Å². The minimum Gasteiger partial charge on any atom is -0.227 e. The Morgan fingerprint density at radius 3 is 2.33 bits per heavy atom. The van der Waals surface area contributed by atoms with Gasteiger partial charge in [-0.15, -0.1) is 0 Å². The molecule has 0 aromatic heterocycles. The third-order valence-corrected chi connectivity index (χ3v) is 4.96. The van der Waals surface area contributed by atoms with Crippen molar-refractivity contribution in [2.75, 3.05) is 5.75 Å². The van der Waals surface area contributed by atoms with Crippen LogP contribution in [0.15, 0.2) is 0 Å². The number of hydrogen-bond acceptors (Lipinski definition) is 3. The summed E-state index contributed by atoms with van der Waals surface area (Å²) in [4.78, 5) is 0. The number of hydrogen-bond donors (Lipinski definition) is 0. The van der Waals surface area contributed by atoms with Crippen LogP contribution in [0, 0.1) is 11.3 Å². The molecule has 3 nitrogen and oxygen atoms in total. The third-order valence-electron chi connectivity index (χ3n) is 0.819. The van der Waals surface area contributed by atoms with Gasteiger partial charge in [-0.3, -0.25) is 0 Å². The van der Waals surface area contributed by atoms with Gasteiger partial charge < -0.3 is 0 Å². The molecule has 9 heavy (non-hydrogen) atoms. The third kappa shape index (κ3) is 2.49. The lowest BCUT2D eigenvalue weighted by Gasteiger charge is -1.97. The molecule has 0 saturated carbocycles. The van der Waals surface area contributed by atoms with E-state index in [1.165, 1.54) is 6.92 Å². The molecule has 5 heteroatoms. The van der Waals surface area contributed by atoms with Crippen molar-refractivity contribution in [2.45, 2.75) is 10.2 Å². The van der Waals surface area contributed by atoms with Gasteiger partial charge in [-0.1, -0.05) is 6.92 Å². The monoisotopic (exact) mass is 259 g/mol. The van der Waals surface area contributed by atoms with Gasteiger partial charge in [0.1, 0.15) is 0 Å². The molecule has 0 aliphatic carbocycles. The lowest BCUT2D eigenvalue weighted by atomic mass is 10.9. The van der Waals surface area contributed by atoms with Crippen molar-refractivity contribution in [1.29, 1.82) is 5.26 Å². The smallest absolute Gasteiger partial charge is 0.198 e. The van der Waals surface area contributed by atoms with Gasteiger partial charge >= 0.3 is 0 Å². The van der Waals surface area contributed by atoms with E-state index < -0.39 is 13.1 Å². The molecular weight excluding hydrogens is 253 g/mol. The number of nitrogens with zero attached hydrogens (tertiary/aromatic N) is 1. The van der Waals surface area contributed by atoms with Gasteiger partial charge in [-0.25, -0.2) is 8.42 Å². The first kappa shape index (κ1) is 9.17. The van der Waals surface area contributed by atoms with Crippen molar-refractivity contribution >= 4 is 32.4 Å². The average Bonchev–Trinajstić information content (AvgIpc) is 1.86. The number of halogens is 1. The fourth-order valence-corrected chi connectivity index (χ4v) is 1.76.